The van der Waals surface area contributed by atoms with Gasteiger partial charge < -0.3 is 5.32 Å². The van der Waals surface area contributed by atoms with Crippen LogP contribution in [0, 0.1) is 12.8 Å². The van der Waals surface area contributed by atoms with E-state index in [4.69, 9.17) is 11.6 Å². The monoisotopic (exact) mass is 226 g/mol. The Kier molecular flexibility index (Phi) is 4.40. The molecule has 0 amide bonds. The van der Waals surface area contributed by atoms with E-state index in [0.29, 0.717) is 17.1 Å². The largest absolute Gasteiger partial charge is 0.381 e. The van der Waals surface area contributed by atoms with Gasteiger partial charge in [0.1, 0.15) is 5.15 Å². The first-order valence-corrected chi connectivity index (χ1v) is 5.82. The van der Waals surface area contributed by atoms with Crippen LogP contribution in [0.1, 0.15) is 32.9 Å². The van der Waals surface area contributed by atoms with Crippen molar-refractivity contribution in [3.8, 4) is 0 Å². The lowest BCUT2D eigenvalue weighted by molar-refractivity contribution is 0.511. The van der Waals surface area contributed by atoms with Crippen LogP contribution in [0.5, 0.6) is 0 Å². The topological polar surface area (TPSA) is 24.9 Å². The zero-order chi connectivity index (χ0) is 11.4. The quantitative estimate of drug-likeness (QED) is 0.788. The molecule has 1 aromatic rings. The summed E-state index contributed by atoms with van der Waals surface area (Å²) in [5, 5.41) is 4.05. The van der Waals surface area contributed by atoms with Crippen LogP contribution in [0.2, 0.25) is 5.15 Å². The molecule has 1 heterocycles. The molecule has 1 atom stereocenters. The maximum absolute atomic E-state index is 5.81. The van der Waals surface area contributed by atoms with Crippen molar-refractivity contribution in [2.24, 2.45) is 5.92 Å². The molecule has 0 aliphatic rings. The molecule has 1 N–H and O–H groups in total. The normalized spacial score (nSPS) is 12.9. The van der Waals surface area contributed by atoms with E-state index in [0.717, 1.165) is 17.8 Å². The van der Waals surface area contributed by atoms with Crippen molar-refractivity contribution >= 4 is 17.3 Å². The smallest absolute Gasteiger partial charge is 0.129 e. The number of nitrogens with one attached hydrogen (secondary N) is 1. The van der Waals surface area contributed by atoms with E-state index in [1.165, 1.54) is 0 Å². The van der Waals surface area contributed by atoms with Crippen LogP contribution in [0.15, 0.2) is 12.1 Å². The van der Waals surface area contributed by atoms with Gasteiger partial charge in [-0.3, -0.25) is 0 Å². The molecule has 0 aliphatic heterocycles. The van der Waals surface area contributed by atoms with E-state index in [1.807, 2.05) is 19.1 Å². The van der Waals surface area contributed by atoms with Crippen molar-refractivity contribution in [2.75, 3.05) is 5.32 Å². The standard InChI is InChI=1S/C12H19ClN2/c1-5-10(8(2)3)15-11-6-7-12(13)14-9(11)4/h6-8,10,15H,5H2,1-4H3. The summed E-state index contributed by atoms with van der Waals surface area (Å²) in [5.74, 6) is 0.616. The SMILES string of the molecule is CCC(Nc1ccc(Cl)nc1C)C(C)C. The third-order valence-corrected chi connectivity index (χ3v) is 2.85. The molecule has 2 nitrogen and oxygen atoms in total. The molecule has 3 heteroatoms. The number of hydrogen-bond donors (Lipinski definition) is 1. The predicted molar refractivity (Wildman–Crippen MR) is 66.5 cm³/mol. The molecule has 1 rings (SSSR count). The van der Waals surface area contributed by atoms with Gasteiger partial charge >= 0.3 is 0 Å². The summed E-state index contributed by atoms with van der Waals surface area (Å²) in [4.78, 5) is 4.22. The summed E-state index contributed by atoms with van der Waals surface area (Å²) in [7, 11) is 0. The molecule has 0 aliphatic carbocycles. The van der Waals surface area contributed by atoms with E-state index in [-0.39, 0.29) is 0 Å². The highest BCUT2D eigenvalue weighted by molar-refractivity contribution is 6.29. The number of anilines is 1. The summed E-state index contributed by atoms with van der Waals surface area (Å²) < 4.78 is 0. The van der Waals surface area contributed by atoms with Crippen molar-refractivity contribution < 1.29 is 0 Å². The molecule has 0 spiro atoms. The van der Waals surface area contributed by atoms with Gasteiger partial charge in [0.2, 0.25) is 0 Å². The molecule has 0 radical (unpaired) electrons. The fourth-order valence-electron chi connectivity index (χ4n) is 1.62. The fraction of sp³-hybridized carbons (Fsp3) is 0.583. The molecule has 0 saturated heterocycles. The molecular weight excluding hydrogens is 208 g/mol. The molecular formula is C12H19ClN2. The minimum absolute atomic E-state index is 0.492. The van der Waals surface area contributed by atoms with Crippen molar-refractivity contribution in [1.82, 2.24) is 4.98 Å². The molecule has 1 unspecified atom stereocenters. The molecule has 0 fully saturated rings. The van der Waals surface area contributed by atoms with Gasteiger partial charge in [0.15, 0.2) is 0 Å². The van der Waals surface area contributed by atoms with E-state index >= 15 is 0 Å². The Morgan fingerprint density at radius 2 is 2.07 bits per heavy atom. The third-order valence-electron chi connectivity index (χ3n) is 2.64. The van der Waals surface area contributed by atoms with Crippen LogP contribution in [0.4, 0.5) is 5.69 Å². The number of pyridine rings is 1. The Balaban J connectivity index is 2.79. The van der Waals surface area contributed by atoms with Crippen molar-refractivity contribution in [2.45, 2.75) is 40.2 Å². The second kappa shape index (κ2) is 5.36. The van der Waals surface area contributed by atoms with Gasteiger partial charge in [-0.1, -0.05) is 32.4 Å². The van der Waals surface area contributed by atoms with Crippen molar-refractivity contribution in [1.29, 1.82) is 0 Å². The van der Waals surface area contributed by atoms with E-state index in [2.05, 4.69) is 31.1 Å². The first-order valence-electron chi connectivity index (χ1n) is 5.44. The number of hydrogen-bond acceptors (Lipinski definition) is 2. The number of rotatable bonds is 4. The molecule has 0 bridgehead atoms. The highest BCUT2D eigenvalue weighted by atomic mass is 35.5. The molecule has 1 aromatic heterocycles. The minimum Gasteiger partial charge on any atom is -0.381 e. The summed E-state index contributed by atoms with van der Waals surface area (Å²) in [6.45, 7) is 8.61. The van der Waals surface area contributed by atoms with Crippen LogP contribution < -0.4 is 5.32 Å². The molecule has 0 saturated carbocycles. The van der Waals surface area contributed by atoms with Gasteiger partial charge in [0, 0.05) is 6.04 Å². The Bertz CT molecular complexity index is 323. The van der Waals surface area contributed by atoms with E-state index < -0.39 is 0 Å². The predicted octanol–water partition coefficient (Wildman–Crippen LogP) is 3.89. The van der Waals surface area contributed by atoms with Crippen LogP contribution in [0.25, 0.3) is 0 Å². The first kappa shape index (κ1) is 12.3. The zero-order valence-electron chi connectivity index (χ0n) is 9.84. The summed E-state index contributed by atoms with van der Waals surface area (Å²) >= 11 is 5.81. The maximum Gasteiger partial charge on any atom is 0.129 e. The number of aryl methyl sites for hydroxylation is 1. The molecule has 0 aromatic carbocycles. The highest BCUT2D eigenvalue weighted by Gasteiger charge is 2.11. The van der Waals surface area contributed by atoms with Crippen LogP contribution in [0.3, 0.4) is 0 Å². The number of aromatic nitrogens is 1. The number of halogens is 1. The van der Waals surface area contributed by atoms with E-state index in [1.54, 1.807) is 0 Å². The van der Waals surface area contributed by atoms with Crippen LogP contribution >= 0.6 is 11.6 Å². The van der Waals surface area contributed by atoms with Crippen LogP contribution in [-0.2, 0) is 0 Å². The average Bonchev–Trinajstić information content (AvgIpc) is 2.16. The highest BCUT2D eigenvalue weighted by Crippen LogP contribution is 2.19. The van der Waals surface area contributed by atoms with Crippen molar-refractivity contribution in [3.05, 3.63) is 23.0 Å². The van der Waals surface area contributed by atoms with Crippen LogP contribution in [-0.4, -0.2) is 11.0 Å². The summed E-state index contributed by atoms with van der Waals surface area (Å²) in [5.41, 5.74) is 2.04. The van der Waals surface area contributed by atoms with Gasteiger partial charge in [-0.15, -0.1) is 0 Å². The lowest BCUT2D eigenvalue weighted by atomic mass is 10.0. The first-order chi connectivity index (χ1) is 7.04. The molecule has 15 heavy (non-hydrogen) atoms. The Hall–Kier alpha value is -0.760. The Morgan fingerprint density at radius 1 is 1.40 bits per heavy atom. The van der Waals surface area contributed by atoms with Gasteiger partial charge in [-0.05, 0) is 31.4 Å². The average molecular weight is 227 g/mol. The van der Waals surface area contributed by atoms with E-state index in [9.17, 15) is 0 Å². The van der Waals surface area contributed by atoms with Gasteiger partial charge in [-0.25, -0.2) is 4.98 Å². The third kappa shape index (κ3) is 3.38. The van der Waals surface area contributed by atoms with Gasteiger partial charge in [0.25, 0.3) is 0 Å². The fourth-order valence-corrected chi connectivity index (χ4v) is 1.81. The maximum atomic E-state index is 5.81. The lowest BCUT2D eigenvalue weighted by Crippen LogP contribution is -2.25. The minimum atomic E-state index is 0.492. The summed E-state index contributed by atoms with van der Waals surface area (Å²) in [6, 6.07) is 4.31. The summed E-state index contributed by atoms with van der Waals surface area (Å²) in [6.07, 6.45) is 1.11. The van der Waals surface area contributed by atoms with Crippen molar-refractivity contribution in [3.63, 3.8) is 0 Å². The second-order valence-corrected chi connectivity index (χ2v) is 4.56. The number of nitrogens with zero attached hydrogens (tertiary/aromatic N) is 1. The molecule has 84 valence electrons. The van der Waals surface area contributed by atoms with Gasteiger partial charge in [-0.2, -0.15) is 0 Å². The zero-order valence-corrected chi connectivity index (χ0v) is 10.6. The van der Waals surface area contributed by atoms with Gasteiger partial charge in [0.05, 0.1) is 11.4 Å². The second-order valence-electron chi connectivity index (χ2n) is 4.17. The lowest BCUT2D eigenvalue weighted by Gasteiger charge is -2.22. The Labute approximate surface area is 97.1 Å². The Morgan fingerprint density at radius 3 is 2.53 bits per heavy atom.